The predicted octanol–water partition coefficient (Wildman–Crippen LogP) is 3.94. The van der Waals surface area contributed by atoms with Crippen LogP contribution in [0, 0.1) is 5.82 Å². The summed E-state index contributed by atoms with van der Waals surface area (Å²) in [7, 11) is 0. The summed E-state index contributed by atoms with van der Waals surface area (Å²) in [4.78, 5) is 25.8. The van der Waals surface area contributed by atoms with Crippen molar-refractivity contribution in [1.82, 2.24) is 10.2 Å². The van der Waals surface area contributed by atoms with Gasteiger partial charge in [0.15, 0.2) is 0 Å². The molecule has 0 aliphatic rings. The van der Waals surface area contributed by atoms with Crippen molar-refractivity contribution in [3.8, 4) is 0 Å². The van der Waals surface area contributed by atoms with Crippen LogP contribution in [-0.4, -0.2) is 36.3 Å². The zero-order chi connectivity index (χ0) is 20.7. The van der Waals surface area contributed by atoms with Crippen molar-refractivity contribution in [2.45, 2.75) is 39.5 Å². The Morgan fingerprint density at radius 1 is 1.00 bits per heavy atom. The fourth-order valence-corrected chi connectivity index (χ4v) is 2.91. The van der Waals surface area contributed by atoms with Gasteiger partial charge in [0.05, 0.1) is 0 Å². The van der Waals surface area contributed by atoms with Gasteiger partial charge >= 0.3 is 0 Å². The molecule has 0 spiro atoms. The van der Waals surface area contributed by atoms with Crippen molar-refractivity contribution in [2.75, 3.05) is 19.6 Å². The maximum Gasteiger partial charge on any atom is 0.251 e. The fourth-order valence-electron chi connectivity index (χ4n) is 2.91. The number of benzene rings is 2. The molecule has 0 aromatic heterocycles. The molecule has 2 aromatic rings. The lowest BCUT2D eigenvalue weighted by Gasteiger charge is -2.21. The SMILES string of the molecule is CC(=O)N(CCNC(=O)c1ccc(C(C)(C)C)cc1)CCc1ccccc1F. The molecule has 0 atom stereocenters. The number of hydrogen-bond donors (Lipinski definition) is 1. The molecule has 0 heterocycles. The van der Waals surface area contributed by atoms with Crippen molar-refractivity contribution in [3.05, 3.63) is 71.0 Å². The largest absolute Gasteiger partial charge is 0.350 e. The van der Waals surface area contributed by atoms with E-state index in [-0.39, 0.29) is 23.0 Å². The van der Waals surface area contributed by atoms with Crippen molar-refractivity contribution in [2.24, 2.45) is 0 Å². The van der Waals surface area contributed by atoms with E-state index in [1.54, 1.807) is 23.1 Å². The van der Waals surface area contributed by atoms with E-state index in [0.717, 1.165) is 0 Å². The van der Waals surface area contributed by atoms with Crippen molar-refractivity contribution >= 4 is 11.8 Å². The van der Waals surface area contributed by atoms with Gasteiger partial charge in [0, 0.05) is 32.1 Å². The van der Waals surface area contributed by atoms with E-state index in [0.29, 0.717) is 37.2 Å². The molecule has 1 N–H and O–H groups in total. The van der Waals surface area contributed by atoms with Gasteiger partial charge in [-0.05, 0) is 41.2 Å². The lowest BCUT2D eigenvalue weighted by Crippen LogP contribution is -2.38. The third-order valence-electron chi connectivity index (χ3n) is 4.73. The highest BCUT2D eigenvalue weighted by Gasteiger charge is 2.15. The summed E-state index contributed by atoms with van der Waals surface area (Å²) < 4.78 is 13.7. The third-order valence-corrected chi connectivity index (χ3v) is 4.73. The molecule has 2 amide bonds. The Hall–Kier alpha value is -2.69. The Morgan fingerprint density at radius 3 is 2.21 bits per heavy atom. The van der Waals surface area contributed by atoms with Crippen LogP contribution in [-0.2, 0) is 16.6 Å². The second kappa shape index (κ2) is 9.49. The van der Waals surface area contributed by atoms with E-state index in [4.69, 9.17) is 0 Å². The number of nitrogens with one attached hydrogen (secondary N) is 1. The highest BCUT2D eigenvalue weighted by atomic mass is 19.1. The number of hydrogen-bond acceptors (Lipinski definition) is 2. The number of rotatable bonds is 7. The molecule has 0 fully saturated rings. The minimum absolute atomic E-state index is 0.0369. The molecule has 0 bridgehead atoms. The molecule has 0 aliphatic heterocycles. The van der Waals surface area contributed by atoms with Gasteiger partial charge in [-0.2, -0.15) is 0 Å². The maximum absolute atomic E-state index is 13.7. The summed E-state index contributed by atoms with van der Waals surface area (Å²) in [6, 6.07) is 14.1. The van der Waals surface area contributed by atoms with Crippen LogP contribution in [0.2, 0.25) is 0 Å². The minimum Gasteiger partial charge on any atom is -0.350 e. The molecule has 28 heavy (non-hydrogen) atoms. The van der Waals surface area contributed by atoms with Gasteiger partial charge in [-0.1, -0.05) is 51.1 Å². The average molecular weight is 384 g/mol. The first kappa shape index (κ1) is 21.6. The van der Waals surface area contributed by atoms with Crippen LogP contribution in [0.1, 0.15) is 49.2 Å². The predicted molar refractivity (Wildman–Crippen MR) is 110 cm³/mol. The smallest absolute Gasteiger partial charge is 0.251 e. The number of carbonyl (C=O) groups is 2. The molecule has 2 rings (SSSR count). The van der Waals surface area contributed by atoms with Crippen molar-refractivity contribution in [1.29, 1.82) is 0 Å². The first-order valence-electron chi connectivity index (χ1n) is 9.56. The van der Waals surface area contributed by atoms with Gasteiger partial charge < -0.3 is 10.2 Å². The average Bonchev–Trinajstić information content (AvgIpc) is 2.64. The Labute approximate surface area is 166 Å². The van der Waals surface area contributed by atoms with Gasteiger partial charge in [0.1, 0.15) is 5.82 Å². The quantitative estimate of drug-likeness (QED) is 0.786. The van der Waals surface area contributed by atoms with Crippen LogP contribution in [0.25, 0.3) is 0 Å². The topological polar surface area (TPSA) is 49.4 Å². The normalized spacial score (nSPS) is 11.2. The fraction of sp³-hybridized carbons (Fsp3) is 0.391. The van der Waals surface area contributed by atoms with E-state index in [1.165, 1.54) is 18.6 Å². The van der Waals surface area contributed by atoms with Crippen LogP contribution in [0.4, 0.5) is 4.39 Å². The Morgan fingerprint density at radius 2 is 1.64 bits per heavy atom. The zero-order valence-electron chi connectivity index (χ0n) is 17.1. The van der Waals surface area contributed by atoms with E-state index in [9.17, 15) is 14.0 Å². The molecule has 150 valence electrons. The summed E-state index contributed by atoms with van der Waals surface area (Å²) in [5.74, 6) is -0.531. The Balaban J connectivity index is 1.86. The molecule has 2 aromatic carbocycles. The lowest BCUT2D eigenvalue weighted by atomic mass is 9.87. The maximum atomic E-state index is 13.7. The Kier molecular flexibility index (Phi) is 7.32. The minimum atomic E-state index is -0.266. The number of nitrogens with zero attached hydrogens (tertiary/aromatic N) is 1. The molecule has 0 unspecified atom stereocenters. The number of carbonyl (C=O) groups excluding carboxylic acids is 2. The summed E-state index contributed by atoms with van der Waals surface area (Å²) >= 11 is 0. The van der Waals surface area contributed by atoms with Gasteiger partial charge in [0.25, 0.3) is 5.91 Å². The zero-order valence-corrected chi connectivity index (χ0v) is 17.1. The number of halogens is 1. The summed E-state index contributed by atoms with van der Waals surface area (Å²) in [6.45, 7) is 8.99. The lowest BCUT2D eigenvalue weighted by molar-refractivity contribution is -0.128. The van der Waals surface area contributed by atoms with Gasteiger partial charge in [-0.15, -0.1) is 0 Å². The molecule has 5 heteroatoms. The van der Waals surface area contributed by atoms with Crippen LogP contribution in [0.5, 0.6) is 0 Å². The highest BCUT2D eigenvalue weighted by Crippen LogP contribution is 2.22. The van der Waals surface area contributed by atoms with E-state index in [1.807, 2.05) is 24.3 Å². The van der Waals surface area contributed by atoms with E-state index >= 15 is 0 Å². The van der Waals surface area contributed by atoms with Gasteiger partial charge in [0.2, 0.25) is 5.91 Å². The van der Waals surface area contributed by atoms with Crippen LogP contribution in [0.15, 0.2) is 48.5 Å². The van der Waals surface area contributed by atoms with Gasteiger partial charge in [-0.3, -0.25) is 9.59 Å². The second-order valence-electron chi connectivity index (χ2n) is 7.93. The van der Waals surface area contributed by atoms with Crippen LogP contribution in [0.3, 0.4) is 0 Å². The first-order chi connectivity index (χ1) is 13.2. The standard InChI is InChI=1S/C23H29FN2O2/c1-17(27)26(15-13-18-7-5-6-8-21(18)24)16-14-25-22(28)19-9-11-20(12-10-19)23(2,3)4/h5-12H,13-16H2,1-4H3,(H,25,28). The molecular weight excluding hydrogens is 355 g/mol. The monoisotopic (exact) mass is 384 g/mol. The van der Waals surface area contributed by atoms with Gasteiger partial charge in [-0.25, -0.2) is 4.39 Å². The molecule has 0 aliphatic carbocycles. The van der Waals surface area contributed by atoms with Crippen molar-refractivity contribution in [3.63, 3.8) is 0 Å². The van der Waals surface area contributed by atoms with Crippen LogP contribution < -0.4 is 5.32 Å². The van der Waals surface area contributed by atoms with Crippen LogP contribution >= 0.6 is 0 Å². The molecule has 0 saturated heterocycles. The second-order valence-corrected chi connectivity index (χ2v) is 7.93. The summed E-state index contributed by atoms with van der Waals surface area (Å²) in [5.41, 5.74) is 2.38. The van der Waals surface area contributed by atoms with Crippen molar-refractivity contribution < 1.29 is 14.0 Å². The molecular formula is C23H29FN2O2. The molecule has 0 radical (unpaired) electrons. The number of amides is 2. The summed E-state index contributed by atoms with van der Waals surface area (Å²) in [5, 5.41) is 2.85. The third kappa shape index (κ3) is 6.19. The summed E-state index contributed by atoms with van der Waals surface area (Å²) in [6.07, 6.45) is 0.439. The van der Waals surface area contributed by atoms with E-state index in [2.05, 4.69) is 26.1 Å². The molecule has 4 nitrogen and oxygen atoms in total. The highest BCUT2D eigenvalue weighted by molar-refractivity contribution is 5.94. The van der Waals surface area contributed by atoms with E-state index < -0.39 is 0 Å². The molecule has 0 saturated carbocycles. The Bertz CT molecular complexity index is 810. The first-order valence-corrected chi connectivity index (χ1v) is 9.56.